The molecule has 0 N–H and O–H groups in total. The molecule has 0 amide bonds. The summed E-state index contributed by atoms with van der Waals surface area (Å²) in [6.45, 7) is 31.3. The van der Waals surface area contributed by atoms with Crippen molar-refractivity contribution in [3.8, 4) is 11.1 Å². The summed E-state index contributed by atoms with van der Waals surface area (Å²) >= 11 is 0. The lowest BCUT2D eigenvalue weighted by molar-refractivity contribution is 0.332. The van der Waals surface area contributed by atoms with E-state index in [-0.39, 0.29) is 39.2 Å². The van der Waals surface area contributed by atoms with Gasteiger partial charge in [0.1, 0.15) is 5.58 Å². The Morgan fingerprint density at radius 2 is 0.923 bits per heavy atom. The maximum atomic E-state index is 7.60. The number of furan rings is 1. The van der Waals surface area contributed by atoms with Gasteiger partial charge in [0, 0.05) is 39.2 Å². The van der Waals surface area contributed by atoms with Crippen molar-refractivity contribution < 1.29 is 4.42 Å². The first-order chi connectivity index (χ1) is 37.0. The fourth-order valence-corrected chi connectivity index (χ4v) is 14.8. The summed E-state index contributed by atoms with van der Waals surface area (Å²) < 4.78 is 7.60. The van der Waals surface area contributed by atoms with Gasteiger partial charge in [-0.1, -0.05) is 187 Å². The molecule has 4 heterocycles. The van der Waals surface area contributed by atoms with E-state index in [2.05, 4.69) is 269 Å². The number of rotatable bonds is 4. The summed E-state index contributed by atoms with van der Waals surface area (Å²) in [5.41, 5.74) is 27.0. The van der Waals surface area contributed by atoms with Gasteiger partial charge in [0.2, 0.25) is 0 Å². The molecule has 0 fully saturated rings. The summed E-state index contributed by atoms with van der Waals surface area (Å²) in [6.07, 6.45) is 4.58. The average molecular weight is 1020 g/mol. The number of hydrogen-bond donors (Lipinski definition) is 0. The quantitative estimate of drug-likeness (QED) is 0.164. The number of fused-ring (bicyclic) bond motifs is 10. The molecule has 5 heteroatoms. The molecule has 0 saturated carbocycles. The van der Waals surface area contributed by atoms with E-state index in [9.17, 15) is 0 Å². The Bertz CT molecular complexity index is 3910. The Labute approximate surface area is 464 Å². The molecule has 0 bridgehead atoms. The van der Waals surface area contributed by atoms with Gasteiger partial charge in [-0.3, -0.25) is 0 Å². The Morgan fingerprint density at radius 3 is 1.54 bits per heavy atom. The maximum absolute atomic E-state index is 7.60. The minimum atomic E-state index is -0.215. The van der Waals surface area contributed by atoms with Gasteiger partial charge in [-0.25, -0.2) is 0 Å². The smallest absolute Gasteiger partial charge is 0.297 e. The van der Waals surface area contributed by atoms with Gasteiger partial charge in [-0.2, -0.15) is 0 Å². The van der Waals surface area contributed by atoms with Gasteiger partial charge in [-0.05, 0) is 180 Å². The predicted molar refractivity (Wildman–Crippen MR) is 332 cm³/mol. The molecular weight excluding hydrogens is 946 g/mol. The molecule has 14 rings (SSSR count). The van der Waals surface area contributed by atoms with Crippen molar-refractivity contribution in [3.05, 3.63) is 203 Å². The Kier molecular flexibility index (Phi) is 10.3. The second kappa shape index (κ2) is 16.4. The number of hydrogen-bond acceptors (Lipinski definition) is 4. The van der Waals surface area contributed by atoms with Crippen LogP contribution < -0.4 is 31.3 Å². The van der Waals surface area contributed by atoms with Crippen molar-refractivity contribution in [2.75, 3.05) is 14.7 Å². The van der Waals surface area contributed by atoms with Crippen molar-refractivity contribution in [2.24, 2.45) is 0 Å². The van der Waals surface area contributed by atoms with Crippen LogP contribution in [-0.4, -0.2) is 6.71 Å². The monoisotopic (exact) mass is 1020 g/mol. The fourth-order valence-electron chi connectivity index (χ4n) is 14.8. The SMILES string of the molecule is CC(C)(C)c1ccc2oc3c(c2c1)N(c1ccc(-c2ccccc2)cc1)c1cc(N2c4ccccc4C(C)(C)c4ccccc42)cc2c1B3c1cc3c(cc1N2c1ccc2c(c1)C(C)(C)CCC2(C)C)C(C)(C)CCC3(C)C. The van der Waals surface area contributed by atoms with E-state index in [4.69, 9.17) is 4.42 Å². The maximum Gasteiger partial charge on any atom is 0.297 e. The van der Waals surface area contributed by atoms with Crippen molar-refractivity contribution in [1.29, 1.82) is 0 Å². The minimum absolute atomic E-state index is 0.0109. The van der Waals surface area contributed by atoms with Gasteiger partial charge in [0.15, 0.2) is 0 Å². The Balaban J connectivity index is 1.14. The number of nitrogens with zero attached hydrogens (tertiary/aromatic N) is 3. The highest BCUT2D eigenvalue weighted by Crippen LogP contribution is 2.57. The second-order valence-electron chi connectivity index (χ2n) is 27.9. The van der Waals surface area contributed by atoms with Crippen LogP contribution >= 0.6 is 0 Å². The zero-order valence-electron chi connectivity index (χ0n) is 48.2. The lowest BCUT2D eigenvalue weighted by Gasteiger charge is -2.48. The standard InChI is InChI=1S/C73H74BN3O/c1-68(2,3)47-29-34-64-51(39-47)66-67(78-64)74-58-43-56-57(72(10,11)38-37-71(56,8)9)44-61(58)75(49-32-33-52-55(40-49)70(6,7)36-35-69(52,4)5)62-41-50(76-59-25-19-17-23-53(59)73(12,13)54-24-18-20-26-60(54)76)42-63(65(62)74)77(66)48-30-27-46(28-31-48)45-21-15-14-16-22-45/h14-34,39-44H,35-38H2,1-13H3. The molecule has 0 unspecified atom stereocenters. The van der Waals surface area contributed by atoms with Crippen LogP contribution in [0, 0.1) is 0 Å². The number of para-hydroxylation sites is 2. The molecule has 0 atom stereocenters. The van der Waals surface area contributed by atoms with Crippen LogP contribution in [-0.2, 0) is 32.5 Å². The highest BCUT2D eigenvalue weighted by Gasteiger charge is 2.50. The summed E-state index contributed by atoms with van der Waals surface area (Å²) in [5, 5.41) is 1.14. The first-order valence-corrected chi connectivity index (χ1v) is 28.9. The molecule has 2 aliphatic carbocycles. The predicted octanol–water partition coefficient (Wildman–Crippen LogP) is 18.3. The molecule has 0 radical (unpaired) electrons. The van der Waals surface area contributed by atoms with Crippen molar-refractivity contribution in [3.63, 3.8) is 0 Å². The van der Waals surface area contributed by atoms with Gasteiger partial charge >= 0.3 is 0 Å². The summed E-state index contributed by atoms with van der Waals surface area (Å²) in [7, 11) is 0. The van der Waals surface area contributed by atoms with E-state index in [0.717, 1.165) is 53.0 Å². The normalized spacial score (nSPS) is 18.5. The molecule has 5 aliphatic rings. The van der Waals surface area contributed by atoms with Gasteiger partial charge in [0.25, 0.3) is 6.71 Å². The van der Waals surface area contributed by atoms with Gasteiger partial charge in [-0.15, -0.1) is 0 Å². The van der Waals surface area contributed by atoms with Crippen LogP contribution in [0.2, 0.25) is 0 Å². The molecule has 3 aliphatic heterocycles. The summed E-state index contributed by atoms with van der Waals surface area (Å²) in [5.74, 6) is 0. The third-order valence-electron chi connectivity index (χ3n) is 19.7. The van der Waals surface area contributed by atoms with Crippen LogP contribution in [0.4, 0.5) is 51.2 Å². The first kappa shape index (κ1) is 49.1. The van der Waals surface area contributed by atoms with Gasteiger partial charge < -0.3 is 19.1 Å². The van der Waals surface area contributed by atoms with E-state index in [1.165, 1.54) is 102 Å². The zero-order valence-corrected chi connectivity index (χ0v) is 48.2. The van der Waals surface area contributed by atoms with Crippen LogP contribution in [0.5, 0.6) is 0 Å². The van der Waals surface area contributed by atoms with Crippen molar-refractivity contribution in [1.82, 2.24) is 0 Å². The van der Waals surface area contributed by atoms with Gasteiger partial charge in [0.05, 0.1) is 28.4 Å². The van der Waals surface area contributed by atoms with E-state index in [1.807, 2.05) is 0 Å². The highest BCUT2D eigenvalue weighted by molar-refractivity contribution is 7.00. The van der Waals surface area contributed by atoms with E-state index >= 15 is 0 Å². The molecule has 8 aromatic carbocycles. The average Bonchev–Trinajstić information content (AvgIpc) is 2.76. The lowest BCUT2D eigenvalue weighted by Crippen LogP contribution is -2.61. The van der Waals surface area contributed by atoms with Crippen LogP contribution in [0.1, 0.15) is 155 Å². The van der Waals surface area contributed by atoms with Crippen molar-refractivity contribution in [2.45, 2.75) is 148 Å². The molecule has 390 valence electrons. The molecular formula is C73H74BN3O. The minimum Gasteiger partial charge on any atom is -0.468 e. The lowest BCUT2D eigenvalue weighted by atomic mass is 9.35. The topological polar surface area (TPSA) is 22.9 Å². The van der Waals surface area contributed by atoms with E-state index in [1.54, 1.807) is 0 Å². The van der Waals surface area contributed by atoms with E-state index in [0.29, 0.717) is 0 Å². The molecule has 0 spiro atoms. The highest BCUT2D eigenvalue weighted by atomic mass is 16.3. The third-order valence-corrected chi connectivity index (χ3v) is 19.7. The molecule has 9 aromatic rings. The van der Waals surface area contributed by atoms with Crippen LogP contribution in [0.3, 0.4) is 0 Å². The Hall–Kier alpha value is -7.24. The molecule has 4 nitrogen and oxygen atoms in total. The molecule has 0 saturated heterocycles. The van der Waals surface area contributed by atoms with E-state index < -0.39 is 0 Å². The number of benzene rings is 8. The Morgan fingerprint density at radius 1 is 0.410 bits per heavy atom. The van der Waals surface area contributed by atoms with Crippen LogP contribution in [0.25, 0.3) is 22.1 Å². The summed E-state index contributed by atoms with van der Waals surface area (Å²) in [4.78, 5) is 7.85. The summed E-state index contributed by atoms with van der Waals surface area (Å²) in [6, 6.07) is 63.2. The fraction of sp³-hybridized carbons (Fsp3) is 0.315. The van der Waals surface area contributed by atoms with Crippen LogP contribution in [0.15, 0.2) is 168 Å². The number of anilines is 9. The molecule has 78 heavy (non-hydrogen) atoms. The molecule has 1 aromatic heterocycles. The largest absolute Gasteiger partial charge is 0.468 e. The second-order valence-corrected chi connectivity index (χ2v) is 27.9. The zero-order chi connectivity index (χ0) is 54.2. The first-order valence-electron chi connectivity index (χ1n) is 28.9. The third kappa shape index (κ3) is 7.11. The van der Waals surface area contributed by atoms with Crippen molar-refractivity contribution >= 4 is 85.5 Å².